The van der Waals surface area contributed by atoms with E-state index in [1.807, 2.05) is 13.8 Å². The molecule has 0 bridgehead atoms. The SMILES string of the molecule is CCC(C)OCC(O)CC(=O)NC(C)=O. The van der Waals surface area contributed by atoms with Crippen LogP contribution in [0, 0.1) is 0 Å². The molecule has 0 radical (unpaired) electrons. The lowest BCUT2D eigenvalue weighted by Crippen LogP contribution is -2.32. The predicted molar refractivity (Wildman–Crippen MR) is 55.2 cm³/mol. The van der Waals surface area contributed by atoms with Crippen molar-refractivity contribution in [2.45, 2.75) is 45.8 Å². The molecule has 0 saturated heterocycles. The number of nitrogens with one attached hydrogen (secondary N) is 1. The number of carbonyl (C=O) groups excluding carboxylic acids is 2. The minimum Gasteiger partial charge on any atom is -0.390 e. The van der Waals surface area contributed by atoms with Gasteiger partial charge in [-0.3, -0.25) is 14.9 Å². The van der Waals surface area contributed by atoms with Gasteiger partial charge in [-0.15, -0.1) is 0 Å². The molecule has 0 aliphatic carbocycles. The molecule has 5 heteroatoms. The fourth-order valence-electron chi connectivity index (χ4n) is 0.913. The van der Waals surface area contributed by atoms with Crippen LogP contribution in [0.2, 0.25) is 0 Å². The number of hydrogen-bond donors (Lipinski definition) is 2. The molecule has 2 amide bonds. The summed E-state index contributed by atoms with van der Waals surface area (Å²) < 4.78 is 5.24. The number of rotatable bonds is 6. The van der Waals surface area contributed by atoms with Crippen molar-refractivity contribution in [2.24, 2.45) is 0 Å². The molecule has 5 nitrogen and oxygen atoms in total. The molecule has 0 saturated carbocycles. The van der Waals surface area contributed by atoms with Crippen LogP contribution in [0.25, 0.3) is 0 Å². The Morgan fingerprint density at radius 1 is 1.47 bits per heavy atom. The maximum atomic E-state index is 11.0. The number of ether oxygens (including phenoxy) is 1. The summed E-state index contributed by atoms with van der Waals surface area (Å²) in [6.07, 6.45) is -0.0589. The standard InChI is InChI=1S/C10H19NO4/c1-4-7(2)15-6-9(13)5-10(14)11-8(3)12/h7,9,13H,4-6H2,1-3H3,(H,11,12,14). The van der Waals surface area contributed by atoms with Crippen molar-refractivity contribution in [2.75, 3.05) is 6.61 Å². The first-order valence-electron chi connectivity index (χ1n) is 5.05. The van der Waals surface area contributed by atoms with E-state index in [4.69, 9.17) is 4.74 Å². The Hall–Kier alpha value is -0.940. The molecule has 0 heterocycles. The first kappa shape index (κ1) is 14.1. The highest BCUT2D eigenvalue weighted by molar-refractivity contribution is 5.94. The van der Waals surface area contributed by atoms with Gasteiger partial charge in [0, 0.05) is 6.92 Å². The Bertz CT molecular complexity index is 217. The largest absolute Gasteiger partial charge is 0.390 e. The van der Waals surface area contributed by atoms with Crippen LogP contribution in [0.3, 0.4) is 0 Å². The number of aliphatic hydroxyl groups is 1. The van der Waals surface area contributed by atoms with Crippen molar-refractivity contribution < 1.29 is 19.4 Å². The van der Waals surface area contributed by atoms with Gasteiger partial charge in [0.25, 0.3) is 0 Å². The number of hydrogen-bond acceptors (Lipinski definition) is 4. The van der Waals surface area contributed by atoms with E-state index < -0.39 is 17.9 Å². The van der Waals surface area contributed by atoms with E-state index in [2.05, 4.69) is 5.32 Å². The van der Waals surface area contributed by atoms with Gasteiger partial charge in [-0.25, -0.2) is 0 Å². The molecule has 0 aliphatic heterocycles. The molecule has 0 aromatic carbocycles. The van der Waals surface area contributed by atoms with Crippen LogP contribution in [-0.4, -0.2) is 35.7 Å². The topological polar surface area (TPSA) is 75.6 Å². The number of aliphatic hydroxyl groups excluding tert-OH is 1. The summed E-state index contributed by atoms with van der Waals surface area (Å²) >= 11 is 0. The van der Waals surface area contributed by atoms with Crippen LogP contribution in [0.15, 0.2) is 0 Å². The molecule has 2 unspecified atom stereocenters. The lowest BCUT2D eigenvalue weighted by Gasteiger charge is -2.14. The molecule has 88 valence electrons. The summed E-state index contributed by atoms with van der Waals surface area (Å²) in [5.41, 5.74) is 0. The van der Waals surface area contributed by atoms with Gasteiger partial charge in [-0.1, -0.05) is 6.92 Å². The normalized spacial score (nSPS) is 14.4. The van der Waals surface area contributed by atoms with Gasteiger partial charge in [-0.2, -0.15) is 0 Å². The van der Waals surface area contributed by atoms with E-state index in [-0.39, 0.29) is 19.1 Å². The van der Waals surface area contributed by atoms with Crippen molar-refractivity contribution in [1.82, 2.24) is 5.32 Å². The zero-order chi connectivity index (χ0) is 11.8. The lowest BCUT2D eigenvalue weighted by atomic mass is 10.2. The second-order valence-electron chi connectivity index (χ2n) is 3.51. The molecule has 0 fully saturated rings. The molecule has 0 aromatic heterocycles. The first-order valence-corrected chi connectivity index (χ1v) is 5.05. The summed E-state index contributed by atoms with van der Waals surface area (Å²) in [6.45, 7) is 5.22. The Kier molecular flexibility index (Phi) is 6.90. The number of carbonyl (C=O) groups is 2. The zero-order valence-electron chi connectivity index (χ0n) is 9.45. The molecule has 0 rings (SSSR count). The molecule has 0 aromatic rings. The summed E-state index contributed by atoms with van der Waals surface area (Å²) in [4.78, 5) is 21.5. The maximum absolute atomic E-state index is 11.0. The first-order chi connectivity index (χ1) is 6.95. The van der Waals surface area contributed by atoms with E-state index in [0.717, 1.165) is 6.42 Å². The molecule has 15 heavy (non-hydrogen) atoms. The van der Waals surface area contributed by atoms with Gasteiger partial charge in [0.05, 0.1) is 25.2 Å². The average Bonchev–Trinajstić information content (AvgIpc) is 2.12. The average molecular weight is 217 g/mol. The van der Waals surface area contributed by atoms with Gasteiger partial charge < -0.3 is 9.84 Å². The van der Waals surface area contributed by atoms with Crippen molar-refractivity contribution >= 4 is 11.8 Å². The summed E-state index contributed by atoms with van der Waals surface area (Å²) in [6, 6.07) is 0. The summed E-state index contributed by atoms with van der Waals surface area (Å²) in [5.74, 6) is -0.905. The lowest BCUT2D eigenvalue weighted by molar-refractivity contribution is -0.131. The third-order valence-corrected chi connectivity index (χ3v) is 1.88. The van der Waals surface area contributed by atoms with Gasteiger partial charge in [0.2, 0.25) is 11.8 Å². The van der Waals surface area contributed by atoms with Crippen LogP contribution in [0.4, 0.5) is 0 Å². The fourth-order valence-corrected chi connectivity index (χ4v) is 0.913. The predicted octanol–water partition coefficient (Wildman–Crippen LogP) is 0.215. The van der Waals surface area contributed by atoms with E-state index in [1.54, 1.807) is 0 Å². The molecule has 0 spiro atoms. The second-order valence-corrected chi connectivity index (χ2v) is 3.51. The van der Waals surface area contributed by atoms with Crippen molar-refractivity contribution in [3.63, 3.8) is 0 Å². The fraction of sp³-hybridized carbons (Fsp3) is 0.800. The quantitative estimate of drug-likeness (QED) is 0.667. The van der Waals surface area contributed by atoms with E-state index in [0.29, 0.717) is 0 Å². The molecular weight excluding hydrogens is 198 g/mol. The highest BCUT2D eigenvalue weighted by Crippen LogP contribution is 1.99. The van der Waals surface area contributed by atoms with E-state index in [9.17, 15) is 14.7 Å². The molecular formula is C10H19NO4. The third-order valence-electron chi connectivity index (χ3n) is 1.88. The van der Waals surface area contributed by atoms with Crippen LogP contribution in [0.5, 0.6) is 0 Å². The second kappa shape index (κ2) is 7.36. The van der Waals surface area contributed by atoms with Gasteiger partial charge >= 0.3 is 0 Å². The number of amides is 2. The monoisotopic (exact) mass is 217 g/mol. The van der Waals surface area contributed by atoms with Gasteiger partial charge in [-0.05, 0) is 13.3 Å². The minimum atomic E-state index is -0.863. The Morgan fingerprint density at radius 3 is 2.53 bits per heavy atom. The third kappa shape index (κ3) is 8.08. The van der Waals surface area contributed by atoms with Gasteiger partial charge in [0.1, 0.15) is 0 Å². The maximum Gasteiger partial charge on any atom is 0.229 e. The summed E-state index contributed by atoms with van der Waals surface area (Å²) in [7, 11) is 0. The van der Waals surface area contributed by atoms with E-state index in [1.165, 1.54) is 6.92 Å². The van der Waals surface area contributed by atoms with Crippen LogP contribution >= 0.6 is 0 Å². The van der Waals surface area contributed by atoms with Crippen molar-refractivity contribution in [3.8, 4) is 0 Å². The zero-order valence-corrected chi connectivity index (χ0v) is 9.45. The van der Waals surface area contributed by atoms with Crippen LogP contribution in [-0.2, 0) is 14.3 Å². The molecule has 0 aliphatic rings. The molecule has 2 atom stereocenters. The smallest absolute Gasteiger partial charge is 0.229 e. The Morgan fingerprint density at radius 2 is 2.07 bits per heavy atom. The molecule has 2 N–H and O–H groups in total. The highest BCUT2D eigenvalue weighted by atomic mass is 16.5. The van der Waals surface area contributed by atoms with Crippen LogP contribution in [0.1, 0.15) is 33.6 Å². The van der Waals surface area contributed by atoms with Gasteiger partial charge in [0.15, 0.2) is 0 Å². The minimum absolute atomic E-state index is 0.0653. The Balaban J connectivity index is 3.68. The van der Waals surface area contributed by atoms with Crippen molar-refractivity contribution in [3.05, 3.63) is 0 Å². The van der Waals surface area contributed by atoms with Crippen LogP contribution < -0.4 is 5.32 Å². The van der Waals surface area contributed by atoms with Crippen molar-refractivity contribution in [1.29, 1.82) is 0 Å². The Labute approximate surface area is 89.8 Å². The van der Waals surface area contributed by atoms with E-state index >= 15 is 0 Å². The summed E-state index contributed by atoms with van der Waals surface area (Å²) in [5, 5.41) is 11.5. The number of imide groups is 1. The highest BCUT2D eigenvalue weighted by Gasteiger charge is 2.12.